The van der Waals surface area contributed by atoms with Gasteiger partial charge in [0.25, 0.3) is 0 Å². The van der Waals surface area contributed by atoms with E-state index in [2.05, 4.69) is 25.1 Å². The van der Waals surface area contributed by atoms with Crippen LogP contribution in [0.2, 0.25) is 0 Å². The fourth-order valence-electron chi connectivity index (χ4n) is 3.21. The van der Waals surface area contributed by atoms with Gasteiger partial charge in [0.15, 0.2) is 5.82 Å². The Kier molecular flexibility index (Phi) is 8.48. The second-order valence-corrected chi connectivity index (χ2v) is 7.01. The predicted octanol–water partition coefficient (Wildman–Crippen LogP) is 2.75. The third-order valence-corrected chi connectivity index (χ3v) is 4.77. The molecule has 1 aliphatic rings. The molecule has 2 N–H and O–H groups in total. The second-order valence-electron chi connectivity index (χ2n) is 7.01. The van der Waals surface area contributed by atoms with Gasteiger partial charge in [-0.2, -0.15) is 4.98 Å². The molecule has 30 heavy (non-hydrogen) atoms. The van der Waals surface area contributed by atoms with E-state index in [1.807, 2.05) is 36.2 Å². The van der Waals surface area contributed by atoms with Gasteiger partial charge < -0.3 is 19.9 Å². The number of nitrogens with zero attached hydrogens (tertiary/aromatic N) is 6. The molecule has 0 radical (unpaired) electrons. The molecule has 3 aromatic heterocycles. The Hall–Kier alpha value is -2.33. The third kappa shape index (κ3) is 5.42. The Labute approximate surface area is 187 Å². The number of hydrogen-bond donors (Lipinski definition) is 1. The highest BCUT2D eigenvalue weighted by Gasteiger charge is 2.29. The average molecular weight is 454 g/mol. The van der Waals surface area contributed by atoms with E-state index in [9.17, 15) is 0 Å². The summed E-state index contributed by atoms with van der Waals surface area (Å²) in [5.41, 5.74) is 7.62. The van der Waals surface area contributed by atoms with Crippen LogP contribution in [0.25, 0.3) is 11.5 Å². The predicted molar refractivity (Wildman–Crippen MR) is 117 cm³/mol. The van der Waals surface area contributed by atoms with Crippen LogP contribution in [0.1, 0.15) is 36.2 Å². The van der Waals surface area contributed by atoms with Gasteiger partial charge in [-0.05, 0) is 25.0 Å². The average Bonchev–Trinajstić information content (AvgIpc) is 3.15. The van der Waals surface area contributed by atoms with Crippen molar-refractivity contribution in [3.05, 3.63) is 47.9 Å². The van der Waals surface area contributed by atoms with E-state index in [1.54, 1.807) is 13.3 Å². The lowest BCUT2D eigenvalue weighted by atomic mass is 9.78. The topological polar surface area (TPSA) is 116 Å². The Morgan fingerprint density at radius 2 is 2.00 bits per heavy atom. The largest absolute Gasteiger partial charge is 0.377 e. The lowest BCUT2D eigenvalue weighted by Gasteiger charge is -2.32. The van der Waals surface area contributed by atoms with Gasteiger partial charge in [0.1, 0.15) is 18.1 Å². The maximum absolute atomic E-state index is 5.94. The molecule has 0 aromatic carbocycles. The number of ether oxygens (including phenoxy) is 1. The zero-order valence-electron chi connectivity index (χ0n) is 16.8. The zero-order valence-corrected chi connectivity index (χ0v) is 18.4. The number of anilines is 1. The standard InChI is InChI=1S/C19H23N7O2.2ClH/c1-26(10-18-24-19(25-28-18)14-5-3-4-6-21-14)17-9-15(12-7-13(20)8-12)22-16(23-17)11-27-2;;/h3-6,9,12-13H,7-8,10-11,20H2,1-2H3;2*1H. The first kappa shape index (κ1) is 23.9. The van der Waals surface area contributed by atoms with E-state index in [4.69, 9.17) is 15.0 Å². The lowest BCUT2D eigenvalue weighted by Crippen LogP contribution is -2.35. The maximum Gasteiger partial charge on any atom is 0.246 e. The number of rotatable bonds is 7. The van der Waals surface area contributed by atoms with Crippen LogP contribution in [0, 0.1) is 0 Å². The Morgan fingerprint density at radius 1 is 1.20 bits per heavy atom. The van der Waals surface area contributed by atoms with Crippen molar-refractivity contribution in [3.63, 3.8) is 0 Å². The van der Waals surface area contributed by atoms with Gasteiger partial charge >= 0.3 is 0 Å². The van der Waals surface area contributed by atoms with Crippen molar-refractivity contribution in [2.45, 2.75) is 38.0 Å². The summed E-state index contributed by atoms with van der Waals surface area (Å²) in [7, 11) is 3.57. The van der Waals surface area contributed by atoms with E-state index in [0.717, 1.165) is 24.4 Å². The highest BCUT2D eigenvalue weighted by atomic mass is 35.5. The van der Waals surface area contributed by atoms with E-state index in [-0.39, 0.29) is 30.9 Å². The molecule has 1 saturated carbocycles. The van der Waals surface area contributed by atoms with Crippen LogP contribution in [-0.4, -0.2) is 45.3 Å². The van der Waals surface area contributed by atoms with Crippen LogP contribution in [0.4, 0.5) is 5.82 Å². The third-order valence-electron chi connectivity index (χ3n) is 4.77. The second kappa shape index (κ2) is 10.6. The van der Waals surface area contributed by atoms with Gasteiger partial charge in [0.05, 0.1) is 6.54 Å². The summed E-state index contributed by atoms with van der Waals surface area (Å²) >= 11 is 0. The molecule has 0 unspecified atom stereocenters. The van der Waals surface area contributed by atoms with E-state index in [1.165, 1.54) is 0 Å². The van der Waals surface area contributed by atoms with Crippen LogP contribution < -0.4 is 10.6 Å². The molecule has 3 aromatic rings. The number of hydrogen-bond acceptors (Lipinski definition) is 9. The van der Waals surface area contributed by atoms with Crippen molar-refractivity contribution in [2.75, 3.05) is 19.1 Å². The highest BCUT2D eigenvalue weighted by molar-refractivity contribution is 5.85. The number of aromatic nitrogens is 5. The first-order valence-corrected chi connectivity index (χ1v) is 9.20. The molecule has 4 rings (SSSR count). The van der Waals surface area contributed by atoms with Crippen molar-refractivity contribution in [2.24, 2.45) is 5.73 Å². The molecule has 11 heteroatoms. The van der Waals surface area contributed by atoms with Crippen LogP contribution in [0.5, 0.6) is 0 Å². The molecule has 0 spiro atoms. The summed E-state index contributed by atoms with van der Waals surface area (Å²) in [4.78, 5) is 19.9. The quantitative estimate of drug-likeness (QED) is 0.575. The first-order valence-electron chi connectivity index (χ1n) is 9.20. The SMILES string of the molecule is COCc1nc(C2CC(N)C2)cc(N(C)Cc2nc(-c3ccccn3)no2)n1.Cl.Cl. The van der Waals surface area contributed by atoms with E-state index < -0.39 is 0 Å². The van der Waals surface area contributed by atoms with Crippen LogP contribution in [0.3, 0.4) is 0 Å². The van der Waals surface area contributed by atoms with Crippen LogP contribution in [0.15, 0.2) is 35.0 Å². The van der Waals surface area contributed by atoms with Gasteiger partial charge in [-0.1, -0.05) is 11.2 Å². The Bertz CT molecular complexity index is 936. The molecular formula is C19H25Cl2N7O2. The molecule has 0 atom stereocenters. The van der Waals surface area contributed by atoms with Crippen LogP contribution >= 0.6 is 24.8 Å². The minimum Gasteiger partial charge on any atom is -0.377 e. The van der Waals surface area contributed by atoms with Gasteiger partial charge in [-0.15, -0.1) is 24.8 Å². The zero-order chi connectivity index (χ0) is 19.5. The molecule has 162 valence electrons. The van der Waals surface area contributed by atoms with Crippen molar-refractivity contribution >= 4 is 30.6 Å². The van der Waals surface area contributed by atoms with E-state index >= 15 is 0 Å². The number of nitrogens with two attached hydrogens (primary N) is 1. The minimum atomic E-state index is 0. The van der Waals surface area contributed by atoms with Crippen molar-refractivity contribution in [3.8, 4) is 11.5 Å². The monoisotopic (exact) mass is 453 g/mol. The Balaban J connectivity index is 0.00000160. The molecule has 0 bridgehead atoms. The van der Waals surface area contributed by atoms with Crippen molar-refractivity contribution < 1.29 is 9.26 Å². The molecule has 0 saturated heterocycles. The van der Waals surface area contributed by atoms with Crippen LogP contribution in [-0.2, 0) is 17.9 Å². The smallest absolute Gasteiger partial charge is 0.246 e. The molecule has 1 aliphatic carbocycles. The molecule has 0 aliphatic heterocycles. The van der Waals surface area contributed by atoms with Crippen molar-refractivity contribution in [1.29, 1.82) is 0 Å². The summed E-state index contributed by atoms with van der Waals surface area (Å²) in [5.74, 6) is 2.77. The van der Waals surface area contributed by atoms with Gasteiger partial charge in [0, 0.05) is 44.1 Å². The lowest BCUT2D eigenvalue weighted by molar-refractivity contribution is 0.177. The summed E-state index contributed by atoms with van der Waals surface area (Å²) in [5, 5.41) is 4.01. The molecule has 3 heterocycles. The van der Waals surface area contributed by atoms with E-state index in [0.29, 0.717) is 42.3 Å². The number of methoxy groups -OCH3 is 1. The molecule has 1 fully saturated rings. The molecule has 9 nitrogen and oxygen atoms in total. The maximum atomic E-state index is 5.94. The fourth-order valence-corrected chi connectivity index (χ4v) is 3.21. The summed E-state index contributed by atoms with van der Waals surface area (Å²) in [6, 6.07) is 7.84. The van der Waals surface area contributed by atoms with Gasteiger partial charge in [-0.3, -0.25) is 4.98 Å². The minimum absolute atomic E-state index is 0. The summed E-state index contributed by atoms with van der Waals surface area (Å²) in [6.07, 6.45) is 3.59. The molecular weight excluding hydrogens is 429 g/mol. The summed E-state index contributed by atoms with van der Waals surface area (Å²) < 4.78 is 10.6. The van der Waals surface area contributed by atoms with Gasteiger partial charge in [-0.25, -0.2) is 9.97 Å². The molecule has 0 amide bonds. The number of pyridine rings is 1. The summed E-state index contributed by atoms with van der Waals surface area (Å²) in [6.45, 7) is 0.782. The number of halogens is 2. The Morgan fingerprint density at radius 3 is 2.67 bits per heavy atom. The van der Waals surface area contributed by atoms with Crippen molar-refractivity contribution in [1.82, 2.24) is 25.1 Å². The highest BCUT2D eigenvalue weighted by Crippen LogP contribution is 2.35. The normalized spacial score (nSPS) is 17.4. The van der Waals surface area contributed by atoms with Gasteiger partial charge in [0.2, 0.25) is 11.7 Å². The first-order chi connectivity index (χ1) is 13.6. The fraction of sp³-hybridized carbons (Fsp3) is 0.421.